The molecule has 0 spiro atoms. The van der Waals surface area contributed by atoms with Gasteiger partial charge >= 0.3 is 5.97 Å². The van der Waals surface area contributed by atoms with E-state index in [2.05, 4.69) is 0 Å². The van der Waals surface area contributed by atoms with E-state index in [0.717, 1.165) is 46.1 Å². The van der Waals surface area contributed by atoms with Crippen molar-refractivity contribution in [3.8, 4) is 16.9 Å². The number of methoxy groups -OCH3 is 1. The lowest BCUT2D eigenvalue weighted by Gasteiger charge is -2.17. The number of carboxylic acid groups (broad SMARTS) is 1. The third kappa shape index (κ3) is 5.38. The van der Waals surface area contributed by atoms with Crippen molar-refractivity contribution in [2.75, 3.05) is 7.11 Å². The first-order valence-electron chi connectivity index (χ1n) is 10.9. The molecule has 3 aromatic rings. The van der Waals surface area contributed by atoms with Gasteiger partial charge in [-0.3, -0.25) is 9.78 Å². The maximum absolute atomic E-state index is 13.7. The second-order valence-corrected chi connectivity index (χ2v) is 8.36. The van der Waals surface area contributed by atoms with Crippen molar-refractivity contribution >= 4 is 22.9 Å². The number of fused-ring (bicyclic) bond motifs is 1. The molecule has 2 unspecified atom stereocenters. The summed E-state index contributed by atoms with van der Waals surface area (Å²) in [5.74, 6) is -0.498. The number of hydrogen-bond acceptors (Lipinski definition) is 5. The van der Waals surface area contributed by atoms with Crippen molar-refractivity contribution in [2.45, 2.75) is 43.8 Å². The largest absolute Gasteiger partial charge is 0.497 e. The molecular formula is C26H26FNO5. The Labute approximate surface area is 191 Å². The number of ether oxygens (including phenoxy) is 1. The van der Waals surface area contributed by atoms with E-state index in [0.29, 0.717) is 11.7 Å². The molecule has 0 bridgehead atoms. The van der Waals surface area contributed by atoms with Crippen molar-refractivity contribution in [3.63, 3.8) is 0 Å². The lowest BCUT2D eigenvalue weighted by atomic mass is 9.92. The van der Waals surface area contributed by atoms with E-state index in [1.807, 2.05) is 18.2 Å². The molecular weight excluding hydrogens is 425 g/mol. The van der Waals surface area contributed by atoms with Gasteiger partial charge in [0.05, 0.1) is 36.9 Å². The van der Waals surface area contributed by atoms with Crippen LogP contribution >= 0.6 is 0 Å². The first-order chi connectivity index (χ1) is 15.9. The maximum atomic E-state index is 13.7. The van der Waals surface area contributed by atoms with Crippen LogP contribution in [0.2, 0.25) is 0 Å². The molecule has 1 aliphatic carbocycles. The molecule has 1 heterocycles. The molecule has 0 radical (unpaired) electrons. The third-order valence-electron chi connectivity index (χ3n) is 5.77. The number of nitrogens with zero attached hydrogens (tertiary/aromatic N) is 1. The molecule has 2 aromatic carbocycles. The third-order valence-corrected chi connectivity index (χ3v) is 5.77. The number of carbonyl (C=O) groups is 1. The zero-order chi connectivity index (χ0) is 23.5. The molecule has 3 N–H and O–H groups in total. The van der Waals surface area contributed by atoms with E-state index < -0.39 is 24.6 Å². The highest BCUT2D eigenvalue weighted by Crippen LogP contribution is 2.45. The van der Waals surface area contributed by atoms with E-state index in [1.165, 1.54) is 12.1 Å². The molecule has 1 aliphatic rings. The number of pyridine rings is 1. The van der Waals surface area contributed by atoms with Crippen LogP contribution in [-0.4, -0.2) is 45.6 Å². The quantitative estimate of drug-likeness (QED) is 0.442. The minimum absolute atomic E-state index is 0.0950. The van der Waals surface area contributed by atoms with Crippen molar-refractivity contribution in [2.24, 2.45) is 0 Å². The van der Waals surface area contributed by atoms with Gasteiger partial charge in [-0.15, -0.1) is 0 Å². The molecule has 6 nitrogen and oxygen atoms in total. The highest BCUT2D eigenvalue weighted by Gasteiger charge is 2.30. The summed E-state index contributed by atoms with van der Waals surface area (Å²) in [4.78, 5) is 15.7. The summed E-state index contributed by atoms with van der Waals surface area (Å²) in [6.07, 6.45) is 2.63. The summed E-state index contributed by atoms with van der Waals surface area (Å²) in [6.45, 7) is 0. The van der Waals surface area contributed by atoms with Crippen LogP contribution in [0.1, 0.15) is 42.9 Å². The number of rotatable bonds is 9. The summed E-state index contributed by atoms with van der Waals surface area (Å²) < 4.78 is 19.1. The van der Waals surface area contributed by atoms with Crippen LogP contribution in [0.15, 0.2) is 48.5 Å². The fraction of sp³-hybridized carbons (Fsp3) is 0.308. The molecule has 1 fully saturated rings. The fourth-order valence-corrected chi connectivity index (χ4v) is 4.02. The number of carboxylic acids is 1. The van der Waals surface area contributed by atoms with Gasteiger partial charge in [0, 0.05) is 28.9 Å². The number of benzene rings is 2. The first kappa shape index (κ1) is 22.9. The topological polar surface area (TPSA) is 99.9 Å². The van der Waals surface area contributed by atoms with Crippen molar-refractivity contribution in [1.82, 2.24) is 4.98 Å². The second kappa shape index (κ2) is 9.68. The molecule has 0 amide bonds. The Kier molecular flexibility index (Phi) is 6.72. The minimum Gasteiger partial charge on any atom is -0.497 e. The SMILES string of the molecule is COc1ccc2nc(C3CC3)c(C=CC(O)CC(O)CC(=O)O)c(-c3ccc(F)cc3)c2c1. The summed E-state index contributed by atoms with van der Waals surface area (Å²) >= 11 is 0. The number of aliphatic hydroxyl groups is 2. The molecule has 172 valence electrons. The van der Waals surface area contributed by atoms with E-state index in [1.54, 1.807) is 31.4 Å². The Morgan fingerprint density at radius 1 is 1.21 bits per heavy atom. The summed E-state index contributed by atoms with van der Waals surface area (Å²) in [5.41, 5.74) is 4.18. The van der Waals surface area contributed by atoms with Gasteiger partial charge in [-0.2, -0.15) is 0 Å². The number of hydrogen-bond donors (Lipinski definition) is 3. The van der Waals surface area contributed by atoms with Gasteiger partial charge in [-0.05, 0) is 48.7 Å². The number of aromatic nitrogens is 1. The summed E-state index contributed by atoms with van der Waals surface area (Å²) in [6, 6.07) is 11.9. The second-order valence-electron chi connectivity index (χ2n) is 8.36. The van der Waals surface area contributed by atoms with Crippen molar-refractivity contribution in [1.29, 1.82) is 0 Å². The van der Waals surface area contributed by atoms with E-state index >= 15 is 0 Å². The monoisotopic (exact) mass is 451 g/mol. The average molecular weight is 451 g/mol. The highest BCUT2D eigenvalue weighted by molar-refractivity contribution is 6.00. The average Bonchev–Trinajstić information content (AvgIpc) is 3.62. The summed E-state index contributed by atoms with van der Waals surface area (Å²) in [7, 11) is 1.59. The van der Waals surface area contributed by atoms with E-state index in [-0.39, 0.29) is 12.2 Å². The molecule has 0 aliphatic heterocycles. The fourth-order valence-electron chi connectivity index (χ4n) is 4.02. The lowest BCUT2D eigenvalue weighted by molar-refractivity contribution is -0.139. The van der Waals surface area contributed by atoms with Crippen LogP contribution in [0, 0.1) is 5.82 Å². The lowest BCUT2D eigenvalue weighted by Crippen LogP contribution is -2.19. The summed E-state index contributed by atoms with van der Waals surface area (Å²) in [5, 5.41) is 29.9. The van der Waals surface area contributed by atoms with Crippen molar-refractivity contribution in [3.05, 3.63) is 65.6 Å². The smallest absolute Gasteiger partial charge is 0.305 e. The standard InChI is InChI=1S/C26H26FNO5/c1-33-20-9-11-23-22(14-20)25(15-4-6-17(27)7-5-15)21(26(28-23)16-2-3-16)10-8-18(29)12-19(30)13-24(31)32/h4-11,14,16,18-19,29-30H,2-3,12-13H2,1H3,(H,31,32). The minimum atomic E-state index is -1.15. The Balaban J connectivity index is 1.84. The Bertz CT molecular complexity index is 1190. The van der Waals surface area contributed by atoms with Crippen LogP contribution in [0.3, 0.4) is 0 Å². The van der Waals surface area contributed by atoms with Crippen LogP contribution < -0.4 is 4.74 Å². The number of aliphatic carboxylic acids is 1. The predicted molar refractivity (Wildman–Crippen MR) is 124 cm³/mol. The molecule has 1 saturated carbocycles. The Hall–Kier alpha value is -3.29. The Morgan fingerprint density at radius 3 is 2.58 bits per heavy atom. The van der Waals surface area contributed by atoms with Crippen LogP contribution in [0.25, 0.3) is 28.1 Å². The van der Waals surface area contributed by atoms with Gasteiger partial charge in [0.2, 0.25) is 0 Å². The predicted octanol–water partition coefficient (Wildman–Crippen LogP) is 4.53. The highest BCUT2D eigenvalue weighted by atomic mass is 19.1. The van der Waals surface area contributed by atoms with Crippen molar-refractivity contribution < 1.29 is 29.2 Å². The van der Waals surface area contributed by atoms with E-state index in [4.69, 9.17) is 14.8 Å². The van der Waals surface area contributed by atoms with Gasteiger partial charge in [-0.25, -0.2) is 4.39 Å². The normalized spacial score (nSPS) is 15.6. The van der Waals surface area contributed by atoms with Gasteiger partial charge in [-0.1, -0.05) is 24.3 Å². The van der Waals surface area contributed by atoms with Crippen LogP contribution in [0.5, 0.6) is 5.75 Å². The van der Waals surface area contributed by atoms with Gasteiger partial charge in [0.15, 0.2) is 0 Å². The van der Waals surface area contributed by atoms with Gasteiger partial charge in [0.25, 0.3) is 0 Å². The molecule has 4 rings (SSSR count). The molecule has 2 atom stereocenters. The zero-order valence-corrected chi connectivity index (χ0v) is 18.2. The first-order valence-corrected chi connectivity index (χ1v) is 10.9. The molecule has 1 aromatic heterocycles. The Morgan fingerprint density at radius 2 is 1.94 bits per heavy atom. The molecule has 0 saturated heterocycles. The number of aliphatic hydroxyl groups excluding tert-OH is 2. The van der Waals surface area contributed by atoms with Gasteiger partial charge in [0.1, 0.15) is 11.6 Å². The maximum Gasteiger partial charge on any atom is 0.305 e. The number of halogens is 1. The van der Waals surface area contributed by atoms with Gasteiger partial charge < -0.3 is 20.1 Å². The van der Waals surface area contributed by atoms with E-state index in [9.17, 15) is 19.4 Å². The molecule has 7 heteroatoms. The zero-order valence-electron chi connectivity index (χ0n) is 18.2. The van der Waals surface area contributed by atoms with Crippen LogP contribution in [0.4, 0.5) is 4.39 Å². The molecule has 33 heavy (non-hydrogen) atoms. The van der Waals surface area contributed by atoms with Crippen LogP contribution in [-0.2, 0) is 4.79 Å².